The Balaban J connectivity index is 1.12. The smallest absolute Gasteiger partial charge is 0.160 e. The number of allylic oxidation sites excluding steroid dienone is 1. The quantitative estimate of drug-likeness (QED) is 0.180. The molecule has 4 heteroatoms. The van der Waals surface area contributed by atoms with Gasteiger partial charge in [0.05, 0.1) is 16.7 Å². The minimum absolute atomic E-state index is 0.288. The summed E-state index contributed by atoms with van der Waals surface area (Å²) in [6.07, 6.45) is 5.61. The molecular weight excluding hydrogens is 659 g/mol. The van der Waals surface area contributed by atoms with Gasteiger partial charge in [0.2, 0.25) is 0 Å². The van der Waals surface area contributed by atoms with Crippen LogP contribution in [-0.4, -0.2) is 14.5 Å². The minimum atomic E-state index is 0.288. The first kappa shape index (κ1) is 30.6. The molecule has 0 amide bonds. The summed E-state index contributed by atoms with van der Waals surface area (Å²) >= 11 is 0. The molecule has 1 atom stereocenters. The molecule has 0 bridgehead atoms. The monoisotopic (exact) mass is 691 g/mol. The lowest BCUT2D eigenvalue weighted by Gasteiger charge is -2.20. The molecule has 0 aliphatic heterocycles. The SMILES string of the molecule is C1=CC(c2ccccc2)Cc2c1c1ccc(-c3ccccc3)cc1n2-c1ccc2c(c1)oc1cccc(-c3nc(-c4ccccc4)nc4ccccc34)c12. The number of hydrogen-bond donors (Lipinski definition) is 0. The second-order valence-electron chi connectivity index (χ2n) is 14.1. The van der Waals surface area contributed by atoms with Gasteiger partial charge in [-0.1, -0.05) is 146 Å². The van der Waals surface area contributed by atoms with Gasteiger partial charge in [-0.25, -0.2) is 9.97 Å². The minimum Gasteiger partial charge on any atom is -0.456 e. The zero-order valence-electron chi connectivity index (χ0n) is 29.4. The van der Waals surface area contributed by atoms with E-state index in [0.29, 0.717) is 5.82 Å². The fourth-order valence-electron chi connectivity index (χ4n) is 8.43. The van der Waals surface area contributed by atoms with E-state index < -0.39 is 0 Å². The molecule has 10 aromatic rings. The van der Waals surface area contributed by atoms with Gasteiger partial charge in [-0.15, -0.1) is 0 Å². The molecule has 11 rings (SSSR count). The van der Waals surface area contributed by atoms with Gasteiger partial charge in [0.15, 0.2) is 5.82 Å². The molecular formula is C50H33N3O. The Morgan fingerprint density at radius 3 is 2.13 bits per heavy atom. The first-order valence-corrected chi connectivity index (χ1v) is 18.5. The van der Waals surface area contributed by atoms with Crippen LogP contribution in [0.25, 0.3) is 89.3 Å². The summed E-state index contributed by atoms with van der Waals surface area (Å²) < 4.78 is 9.22. The van der Waals surface area contributed by atoms with Crippen molar-refractivity contribution in [3.05, 3.63) is 193 Å². The molecule has 1 aliphatic carbocycles. The van der Waals surface area contributed by atoms with E-state index in [1.807, 2.05) is 24.3 Å². The third kappa shape index (κ3) is 4.91. The topological polar surface area (TPSA) is 43.9 Å². The lowest BCUT2D eigenvalue weighted by molar-refractivity contribution is 0.668. The number of hydrogen-bond acceptors (Lipinski definition) is 3. The zero-order chi connectivity index (χ0) is 35.6. The average molecular weight is 692 g/mol. The van der Waals surface area contributed by atoms with Crippen LogP contribution in [0, 0.1) is 0 Å². The normalized spacial score (nSPS) is 14.0. The summed E-state index contributed by atoms with van der Waals surface area (Å²) in [5, 5.41) is 4.38. The van der Waals surface area contributed by atoms with Gasteiger partial charge in [-0.05, 0) is 53.4 Å². The largest absolute Gasteiger partial charge is 0.456 e. The number of aromatic nitrogens is 3. The summed E-state index contributed by atoms with van der Waals surface area (Å²) in [6.45, 7) is 0. The fraction of sp³-hybridized carbons (Fsp3) is 0.0400. The maximum atomic E-state index is 6.75. The van der Waals surface area contributed by atoms with Crippen molar-refractivity contribution >= 4 is 49.8 Å². The van der Waals surface area contributed by atoms with Crippen molar-refractivity contribution < 1.29 is 4.42 Å². The molecule has 0 fully saturated rings. The van der Waals surface area contributed by atoms with E-state index >= 15 is 0 Å². The van der Waals surface area contributed by atoms with Gasteiger partial charge in [-0.2, -0.15) is 0 Å². The fourth-order valence-corrected chi connectivity index (χ4v) is 8.43. The van der Waals surface area contributed by atoms with Crippen LogP contribution >= 0.6 is 0 Å². The van der Waals surface area contributed by atoms with Gasteiger partial charge in [0.1, 0.15) is 11.2 Å². The highest BCUT2D eigenvalue weighted by molar-refractivity contribution is 6.15. The van der Waals surface area contributed by atoms with Crippen molar-refractivity contribution in [1.82, 2.24) is 14.5 Å². The first-order valence-electron chi connectivity index (χ1n) is 18.5. The molecule has 54 heavy (non-hydrogen) atoms. The van der Waals surface area contributed by atoms with E-state index in [1.165, 1.54) is 38.9 Å². The number of benzene rings is 7. The van der Waals surface area contributed by atoms with E-state index in [-0.39, 0.29) is 5.92 Å². The summed E-state index contributed by atoms with van der Waals surface area (Å²) in [6, 6.07) is 59.8. The summed E-state index contributed by atoms with van der Waals surface area (Å²) in [5.74, 6) is 0.995. The number of fused-ring (bicyclic) bond motifs is 7. The van der Waals surface area contributed by atoms with Crippen molar-refractivity contribution in [2.45, 2.75) is 12.3 Å². The average Bonchev–Trinajstić information content (AvgIpc) is 3.79. The first-order chi connectivity index (χ1) is 26.8. The van der Waals surface area contributed by atoms with E-state index in [1.54, 1.807) is 0 Å². The van der Waals surface area contributed by atoms with Gasteiger partial charge in [0, 0.05) is 61.6 Å². The molecule has 0 radical (unpaired) electrons. The van der Waals surface area contributed by atoms with Crippen molar-refractivity contribution in [3.63, 3.8) is 0 Å². The summed E-state index contributed by atoms with van der Waals surface area (Å²) in [5.41, 5.74) is 14.1. The number of rotatable bonds is 5. The molecule has 3 heterocycles. The molecule has 0 N–H and O–H groups in total. The van der Waals surface area contributed by atoms with Crippen LogP contribution in [0.3, 0.4) is 0 Å². The zero-order valence-corrected chi connectivity index (χ0v) is 29.4. The predicted molar refractivity (Wildman–Crippen MR) is 222 cm³/mol. The molecule has 0 saturated heterocycles. The number of para-hydroxylation sites is 1. The Morgan fingerprint density at radius 2 is 1.30 bits per heavy atom. The second-order valence-corrected chi connectivity index (χ2v) is 14.1. The van der Waals surface area contributed by atoms with Crippen LogP contribution in [0.1, 0.15) is 22.7 Å². The lowest BCUT2D eigenvalue weighted by Crippen LogP contribution is -2.09. The van der Waals surface area contributed by atoms with Crippen LogP contribution in [0.2, 0.25) is 0 Å². The van der Waals surface area contributed by atoms with Gasteiger partial charge >= 0.3 is 0 Å². The molecule has 1 aliphatic rings. The second kappa shape index (κ2) is 12.3. The lowest BCUT2D eigenvalue weighted by atomic mass is 9.88. The van der Waals surface area contributed by atoms with Crippen LogP contribution in [0.4, 0.5) is 0 Å². The highest BCUT2D eigenvalue weighted by atomic mass is 16.3. The van der Waals surface area contributed by atoms with Crippen molar-refractivity contribution in [2.24, 2.45) is 0 Å². The van der Waals surface area contributed by atoms with Gasteiger partial charge in [-0.3, -0.25) is 0 Å². The molecule has 1 unspecified atom stereocenters. The third-order valence-corrected chi connectivity index (χ3v) is 11.0. The Bertz CT molecular complexity index is 3070. The molecule has 3 aromatic heterocycles. The van der Waals surface area contributed by atoms with Crippen LogP contribution in [0.15, 0.2) is 180 Å². The Morgan fingerprint density at radius 1 is 0.556 bits per heavy atom. The van der Waals surface area contributed by atoms with Crippen molar-refractivity contribution in [1.29, 1.82) is 0 Å². The molecule has 0 saturated carbocycles. The highest BCUT2D eigenvalue weighted by Gasteiger charge is 2.25. The van der Waals surface area contributed by atoms with Crippen LogP contribution < -0.4 is 0 Å². The van der Waals surface area contributed by atoms with E-state index in [4.69, 9.17) is 14.4 Å². The standard InChI is InChI=1S/C50H33N3O/c1-4-13-32(14-5-1)35-23-26-38-39-27-24-36(33-15-6-2-7-16-33)30-45(39)53(44(38)29-35)37-25-28-41-47(31-37)54-46-22-12-20-42(48(41)46)49-40-19-10-11-21-43(40)51-50(52-49)34-17-8-3-9-18-34/h1-29,31,36H,30H2. The molecule has 254 valence electrons. The van der Waals surface area contributed by atoms with Crippen LogP contribution in [0.5, 0.6) is 0 Å². The molecule has 0 spiro atoms. The van der Waals surface area contributed by atoms with Crippen molar-refractivity contribution in [3.8, 4) is 39.5 Å². The van der Waals surface area contributed by atoms with Gasteiger partial charge in [0.25, 0.3) is 0 Å². The molecule has 7 aromatic carbocycles. The maximum absolute atomic E-state index is 6.75. The Labute approximate surface area is 312 Å². The van der Waals surface area contributed by atoms with Gasteiger partial charge < -0.3 is 8.98 Å². The number of nitrogens with zero attached hydrogens (tertiary/aromatic N) is 3. The maximum Gasteiger partial charge on any atom is 0.160 e. The Hall–Kier alpha value is -7.04. The predicted octanol–water partition coefficient (Wildman–Crippen LogP) is 12.8. The Kier molecular flexibility index (Phi) is 6.96. The van der Waals surface area contributed by atoms with Crippen LogP contribution in [-0.2, 0) is 6.42 Å². The third-order valence-electron chi connectivity index (χ3n) is 11.0. The summed E-state index contributed by atoms with van der Waals surface area (Å²) in [4.78, 5) is 10.2. The van der Waals surface area contributed by atoms with E-state index in [0.717, 1.165) is 61.8 Å². The summed E-state index contributed by atoms with van der Waals surface area (Å²) in [7, 11) is 0. The highest BCUT2D eigenvalue weighted by Crippen LogP contribution is 2.43. The van der Waals surface area contributed by atoms with E-state index in [2.05, 4.69) is 162 Å². The number of furan rings is 1. The molecule has 4 nitrogen and oxygen atoms in total. The van der Waals surface area contributed by atoms with E-state index in [9.17, 15) is 0 Å². The van der Waals surface area contributed by atoms with Crippen molar-refractivity contribution in [2.75, 3.05) is 0 Å².